The van der Waals surface area contributed by atoms with Gasteiger partial charge in [0.2, 0.25) is 0 Å². The maximum atomic E-state index is 11.0. The van der Waals surface area contributed by atoms with Crippen LogP contribution in [-0.2, 0) is 19.1 Å². The summed E-state index contributed by atoms with van der Waals surface area (Å²) in [7, 11) is 0. The van der Waals surface area contributed by atoms with Crippen molar-refractivity contribution in [2.24, 2.45) is 0 Å². The first-order valence-corrected chi connectivity index (χ1v) is 5.17. The molecule has 0 rings (SSSR count). The third-order valence-corrected chi connectivity index (χ3v) is 1.72. The topological polar surface area (TPSA) is 72.8 Å². The van der Waals surface area contributed by atoms with Crippen molar-refractivity contribution in [3.05, 3.63) is 12.2 Å². The van der Waals surface area contributed by atoms with Crippen molar-refractivity contribution in [3.8, 4) is 0 Å². The van der Waals surface area contributed by atoms with Gasteiger partial charge < -0.3 is 14.6 Å². The number of carbonyl (C=O) groups is 2. The van der Waals surface area contributed by atoms with E-state index in [0.717, 1.165) is 0 Å². The fourth-order valence-electron chi connectivity index (χ4n) is 0.866. The summed E-state index contributed by atoms with van der Waals surface area (Å²) in [5.74, 6) is -0.837. The molecule has 0 atom stereocenters. The van der Waals surface area contributed by atoms with Gasteiger partial charge in [-0.3, -0.25) is 4.79 Å². The molecule has 0 aromatic heterocycles. The number of unbranched alkanes of at least 4 members (excludes halogenated alkanes) is 1. The van der Waals surface area contributed by atoms with Gasteiger partial charge in [-0.2, -0.15) is 0 Å². The van der Waals surface area contributed by atoms with Crippen molar-refractivity contribution in [2.75, 3.05) is 19.8 Å². The average molecular weight is 230 g/mol. The standard InChI is InChI=1S/C11H18O5/c1-9(2)11(14)16-8-7-15-10(13)5-3-4-6-12/h12H,1,3-8H2,2H3. The van der Waals surface area contributed by atoms with E-state index in [1.165, 1.54) is 0 Å². The monoisotopic (exact) mass is 230 g/mol. The Hall–Kier alpha value is -1.36. The number of aliphatic hydroxyl groups excluding tert-OH is 1. The summed E-state index contributed by atoms with van der Waals surface area (Å²) >= 11 is 0. The molecular formula is C11H18O5. The zero-order valence-electron chi connectivity index (χ0n) is 9.53. The number of aliphatic hydroxyl groups is 1. The van der Waals surface area contributed by atoms with Gasteiger partial charge in [-0.05, 0) is 19.8 Å². The second-order valence-corrected chi connectivity index (χ2v) is 3.32. The van der Waals surface area contributed by atoms with E-state index >= 15 is 0 Å². The molecule has 0 fully saturated rings. The SMILES string of the molecule is C=C(C)C(=O)OCCOC(=O)CCCCO. The molecule has 0 bridgehead atoms. The molecule has 0 spiro atoms. The average Bonchev–Trinajstić information content (AvgIpc) is 2.24. The molecule has 0 aromatic carbocycles. The summed E-state index contributed by atoms with van der Waals surface area (Å²) in [5.41, 5.74) is 0.314. The first-order valence-electron chi connectivity index (χ1n) is 5.17. The third-order valence-electron chi connectivity index (χ3n) is 1.72. The maximum Gasteiger partial charge on any atom is 0.333 e. The number of rotatable bonds is 8. The number of hydrogen-bond donors (Lipinski definition) is 1. The Kier molecular flexibility index (Phi) is 8.15. The van der Waals surface area contributed by atoms with Gasteiger partial charge >= 0.3 is 11.9 Å². The van der Waals surface area contributed by atoms with E-state index in [1.807, 2.05) is 0 Å². The van der Waals surface area contributed by atoms with Gasteiger partial charge in [0.1, 0.15) is 13.2 Å². The first-order chi connectivity index (χ1) is 7.57. The molecule has 0 amide bonds. The van der Waals surface area contributed by atoms with Crippen LogP contribution in [0.5, 0.6) is 0 Å². The van der Waals surface area contributed by atoms with Gasteiger partial charge in [0.05, 0.1) is 0 Å². The molecule has 0 saturated carbocycles. The van der Waals surface area contributed by atoms with E-state index in [9.17, 15) is 9.59 Å². The van der Waals surface area contributed by atoms with Gasteiger partial charge in [0, 0.05) is 18.6 Å². The zero-order valence-corrected chi connectivity index (χ0v) is 9.53. The van der Waals surface area contributed by atoms with Crippen LogP contribution in [-0.4, -0.2) is 36.9 Å². The Morgan fingerprint density at radius 3 is 2.38 bits per heavy atom. The number of ether oxygens (including phenoxy) is 2. The van der Waals surface area contributed by atoms with Crippen molar-refractivity contribution in [1.29, 1.82) is 0 Å². The molecule has 0 saturated heterocycles. The minimum Gasteiger partial charge on any atom is -0.462 e. The lowest BCUT2D eigenvalue weighted by Crippen LogP contribution is -2.14. The fourth-order valence-corrected chi connectivity index (χ4v) is 0.866. The number of esters is 2. The largest absolute Gasteiger partial charge is 0.462 e. The van der Waals surface area contributed by atoms with E-state index in [2.05, 4.69) is 6.58 Å². The van der Waals surface area contributed by atoms with Gasteiger partial charge in [0.25, 0.3) is 0 Å². The van der Waals surface area contributed by atoms with Crippen LogP contribution in [0, 0.1) is 0 Å². The Labute approximate surface area is 95.0 Å². The van der Waals surface area contributed by atoms with Gasteiger partial charge in [-0.1, -0.05) is 6.58 Å². The lowest BCUT2D eigenvalue weighted by atomic mass is 10.2. The zero-order chi connectivity index (χ0) is 12.4. The van der Waals surface area contributed by atoms with Crippen LogP contribution in [0.15, 0.2) is 12.2 Å². The molecule has 0 aromatic rings. The molecule has 0 aliphatic heterocycles. The van der Waals surface area contributed by atoms with Crippen LogP contribution in [0.25, 0.3) is 0 Å². The quantitative estimate of drug-likeness (QED) is 0.379. The molecule has 0 unspecified atom stereocenters. The van der Waals surface area contributed by atoms with Crippen LogP contribution >= 0.6 is 0 Å². The summed E-state index contributed by atoms with van der Waals surface area (Å²) < 4.78 is 9.52. The van der Waals surface area contributed by atoms with Crippen LogP contribution < -0.4 is 0 Å². The Morgan fingerprint density at radius 1 is 1.19 bits per heavy atom. The Morgan fingerprint density at radius 2 is 1.81 bits per heavy atom. The second-order valence-electron chi connectivity index (χ2n) is 3.32. The van der Waals surface area contributed by atoms with Crippen LogP contribution in [0.2, 0.25) is 0 Å². The molecule has 92 valence electrons. The summed E-state index contributed by atoms with van der Waals surface area (Å²) in [5, 5.41) is 8.49. The molecule has 0 heterocycles. The molecule has 0 radical (unpaired) electrons. The van der Waals surface area contributed by atoms with Crippen LogP contribution in [0.3, 0.4) is 0 Å². The maximum absolute atomic E-state index is 11.0. The van der Waals surface area contributed by atoms with E-state index in [-0.39, 0.29) is 32.2 Å². The molecule has 16 heavy (non-hydrogen) atoms. The summed E-state index contributed by atoms with van der Waals surface area (Å²) in [4.78, 5) is 21.9. The summed E-state index contributed by atoms with van der Waals surface area (Å²) in [6.45, 7) is 5.12. The molecule has 5 nitrogen and oxygen atoms in total. The molecular weight excluding hydrogens is 212 g/mol. The minimum atomic E-state index is -0.490. The number of hydrogen-bond acceptors (Lipinski definition) is 5. The van der Waals surface area contributed by atoms with Crippen LogP contribution in [0.4, 0.5) is 0 Å². The lowest BCUT2D eigenvalue weighted by Gasteiger charge is -2.05. The molecule has 5 heteroatoms. The van der Waals surface area contributed by atoms with Crippen molar-refractivity contribution in [1.82, 2.24) is 0 Å². The molecule has 1 N–H and O–H groups in total. The van der Waals surface area contributed by atoms with E-state index in [4.69, 9.17) is 14.6 Å². The van der Waals surface area contributed by atoms with Gasteiger partial charge in [0.15, 0.2) is 0 Å². The minimum absolute atomic E-state index is 0.0391. The van der Waals surface area contributed by atoms with Gasteiger partial charge in [-0.25, -0.2) is 4.79 Å². The predicted molar refractivity (Wildman–Crippen MR) is 57.7 cm³/mol. The van der Waals surface area contributed by atoms with E-state index < -0.39 is 5.97 Å². The fraction of sp³-hybridized carbons (Fsp3) is 0.636. The highest BCUT2D eigenvalue weighted by Crippen LogP contribution is 1.97. The smallest absolute Gasteiger partial charge is 0.333 e. The summed E-state index contributed by atoms with van der Waals surface area (Å²) in [6, 6.07) is 0. The van der Waals surface area contributed by atoms with E-state index in [0.29, 0.717) is 18.4 Å². The summed E-state index contributed by atoms with van der Waals surface area (Å²) in [6.07, 6.45) is 1.45. The van der Waals surface area contributed by atoms with Crippen molar-refractivity contribution < 1.29 is 24.2 Å². The van der Waals surface area contributed by atoms with Crippen molar-refractivity contribution in [3.63, 3.8) is 0 Å². The van der Waals surface area contributed by atoms with Gasteiger partial charge in [-0.15, -0.1) is 0 Å². The number of carbonyl (C=O) groups excluding carboxylic acids is 2. The Balaban J connectivity index is 3.41. The normalized spacial score (nSPS) is 9.62. The Bertz CT molecular complexity index is 247. The highest BCUT2D eigenvalue weighted by molar-refractivity contribution is 5.86. The van der Waals surface area contributed by atoms with Crippen molar-refractivity contribution >= 4 is 11.9 Å². The highest BCUT2D eigenvalue weighted by Gasteiger charge is 2.05. The highest BCUT2D eigenvalue weighted by atomic mass is 16.6. The molecule has 0 aliphatic carbocycles. The second kappa shape index (κ2) is 8.91. The van der Waals surface area contributed by atoms with Crippen molar-refractivity contribution in [2.45, 2.75) is 26.2 Å². The first kappa shape index (κ1) is 14.6. The predicted octanol–water partition coefficient (Wildman–Crippen LogP) is 0.811. The molecule has 0 aliphatic rings. The van der Waals surface area contributed by atoms with Crippen LogP contribution in [0.1, 0.15) is 26.2 Å². The third kappa shape index (κ3) is 7.99. The lowest BCUT2D eigenvalue weighted by molar-refractivity contribution is -0.150. The van der Waals surface area contributed by atoms with E-state index in [1.54, 1.807) is 6.92 Å².